The maximum atomic E-state index is 6.05. The van der Waals surface area contributed by atoms with Crippen molar-refractivity contribution in [3.8, 4) is 16.9 Å². The van der Waals surface area contributed by atoms with Gasteiger partial charge in [-0.25, -0.2) is 0 Å². The Bertz CT molecular complexity index is 628. The van der Waals surface area contributed by atoms with Gasteiger partial charge in [-0.2, -0.15) is 0 Å². The number of hydrogen-bond acceptors (Lipinski definition) is 1. The van der Waals surface area contributed by atoms with Gasteiger partial charge >= 0.3 is 0 Å². The molecule has 20 heavy (non-hydrogen) atoms. The quantitative estimate of drug-likeness (QED) is 0.685. The lowest BCUT2D eigenvalue weighted by Gasteiger charge is -2.30. The van der Waals surface area contributed by atoms with Crippen LogP contribution in [0.2, 0.25) is 0 Å². The van der Waals surface area contributed by atoms with E-state index in [2.05, 4.69) is 76.0 Å². The molecule has 1 unspecified atom stereocenters. The van der Waals surface area contributed by atoms with Crippen molar-refractivity contribution in [1.82, 2.24) is 0 Å². The van der Waals surface area contributed by atoms with Crippen LogP contribution in [0.5, 0.6) is 5.75 Å². The average molecular weight is 285 g/mol. The van der Waals surface area contributed by atoms with Crippen LogP contribution in [-0.4, -0.2) is 18.2 Å². The lowest BCUT2D eigenvalue weighted by molar-refractivity contribution is 0.398. The molecule has 0 amide bonds. The van der Waals surface area contributed by atoms with Crippen LogP contribution in [0, 0.1) is 0 Å². The van der Waals surface area contributed by atoms with Crippen molar-refractivity contribution in [2.24, 2.45) is 0 Å². The molecule has 1 atom stereocenters. The first kappa shape index (κ1) is 13.6. The van der Waals surface area contributed by atoms with Crippen molar-refractivity contribution in [3.05, 3.63) is 48.5 Å². The molecule has 0 saturated carbocycles. The first-order valence-electron chi connectivity index (χ1n) is 7.11. The highest BCUT2D eigenvalue weighted by Crippen LogP contribution is 2.69. The molecule has 1 aliphatic rings. The zero-order chi connectivity index (χ0) is 14.4. The lowest BCUT2D eigenvalue weighted by atomic mass is 10.1. The smallest absolute Gasteiger partial charge is 0.201 e. The Morgan fingerprint density at radius 3 is 2.30 bits per heavy atom. The van der Waals surface area contributed by atoms with Gasteiger partial charge in [0.1, 0.15) is 5.30 Å². The molecule has 0 bridgehead atoms. The second-order valence-corrected chi connectivity index (χ2v) is 11.1. The molecule has 0 aliphatic carbocycles. The highest BCUT2D eigenvalue weighted by atomic mass is 31.2. The largest absolute Gasteiger partial charge is 0.455 e. The summed E-state index contributed by atoms with van der Waals surface area (Å²) < 4.78 is 6.05. The van der Waals surface area contributed by atoms with Gasteiger partial charge in [0.05, 0.1) is 19.1 Å². The van der Waals surface area contributed by atoms with E-state index in [1.807, 2.05) is 0 Å². The molecule has 1 nitrogen and oxygen atoms in total. The van der Waals surface area contributed by atoms with E-state index in [1.165, 1.54) is 16.4 Å². The van der Waals surface area contributed by atoms with Crippen LogP contribution < -0.4 is 10.0 Å². The summed E-state index contributed by atoms with van der Waals surface area (Å²) in [6.07, 6.45) is 0.871. The SMILES string of the molecule is CC(C)(C)[P+]1(C)COc2cccc(-c3ccccc3)c21. The van der Waals surface area contributed by atoms with Crippen LogP contribution in [0.25, 0.3) is 11.1 Å². The van der Waals surface area contributed by atoms with Crippen LogP contribution in [0.3, 0.4) is 0 Å². The topological polar surface area (TPSA) is 9.23 Å². The summed E-state index contributed by atoms with van der Waals surface area (Å²) in [6.45, 7) is 9.48. The molecule has 0 N–H and O–H groups in total. The number of ether oxygens (including phenoxy) is 1. The van der Waals surface area contributed by atoms with E-state index < -0.39 is 7.26 Å². The minimum absolute atomic E-state index is 0.267. The molecule has 1 heterocycles. The average Bonchev–Trinajstić information content (AvgIpc) is 2.79. The minimum Gasteiger partial charge on any atom is -0.455 e. The molecule has 0 radical (unpaired) electrons. The number of rotatable bonds is 1. The van der Waals surface area contributed by atoms with Gasteiger partial charge in [0.2, 0.25) is 6.35 Å². The van der Waals surface area contributed by atoms with Gasteiger partial charge in [-0.3, -0.25) is 0 Å². The van der Waals surface area contributed by atoms with E-state index >= 15 is 0 Å². The zero-order valence-electron chi connectivity index (χ0n) is 12.7. The second kappa shape index (κ2) is 4.60. The molecule has 2 aromatic rings. The summed E-state index contributed by atoms with van der Waals surface area (Å²) in [4.78, 5) is 0. The highest BCUT2D eigenvalue weighted by Gasteiger charge is 2.54. The Morgan fingerprint density at radius 1 is 0.950 bits per heavy atom. The number of benzene rings is 2. The number of fused-ring (bicyclic) bond motifs is 1. The summed E-state index contributed by atoms with van der Waals surface area (Å²) in [5.74, 6) is 1.09. The van der Waals surface area contributed by atoms with Crippen molar-refractivity contribution in [1.29, 1.82) is 0 Å². The van der Waals surface area contributed by atoms with E-state index in [0.717, 1.165) is 12.1 Å². The maximum absolute atomic E-state index is 6.05. The molecule has 3 rings (SSSR count). The zero-order valence-corrected chi connectivity index (χ0v) is 13.6. The van der Waals surface area contributed by atoms with Crippen LogP contribution in [0.1, 0.15) is 20.8 Å². The predicted molar refractivity (Wildman–Crippen MR) is 89.6 cm³/mol. The van der Waals surface area contributed by atoms with Crippen molar-refractivity contribution in [2.45, 2.75) is 25.9 Å². The van der Waals surface area contributed by atoms with Gasteiger partial charge in [-0.05, 0) is 32.4 Å². The highest BCUT2D eigenvalue weighted by molar-refractivity contribution is 7.84. The normalized spacial score (nSPS) is 21.4. The third-order valence-electron chi connectivity index (χ3n) is 4.54. The monoisotopic (exact) mass is 285 g/mol. The van der Waals surface area contributed by atoms with E-state index in [4.69, 9.17) is 4.74 Å². The van der Waals surface area contributed by atoms with Gasteiger partial charge in [-0.1, -0.05) is 42.5 Å². The Balaban J connectivity index is 2.25. The molecule has 2 aromatic carbocycles. The fraction of sp³-hybridized carbons (Fsp3) is 0.333. The summed E-state index contributed by atoms with van der Waals surface area (Å²) in [5, 5.41) is 1.74. The van der Waals surface area contributed by atoms with Gasteiger partial charge in [0, 0.05) is 5.56 Å². The third-order valence-corrected chi connectivity index (χ3v) is 9.59. The standard InChI is InChI=1S/C18H22OP/c1-18(2,3)20(4)13-19-16-12-8-11-15(17(16)20)14-9-6-5-7-10-14/h5-12H,13H2,1-4H3/q+1. The van der Waals surface area contributed by atoms with Crippen molar-refractivity contribution < 1.29 is 4.74 Å². The van der Waals surface area contributed by atoms with Gasteiger partial charge in [0.15, 0.2) is 5.75 Å². The van der Waals surface area contributed by atoms with Crippen LogP contribution in [0.15, 0.2) is 48.5 Å². The number of hydrogen-bond donors (Lipinski definition) is 0. The van der Waals surface area contributed by atoms with Gasteiger partial charge in [0.25, 0.3) is 0 Å². The minimum atomic E-state index is -1.32. The first-order chi connectivity index (χ1) is 9.43. The summed E-state index contributed by atoms with van der Waals surface area (Å²) >= 11 is 0. The van der Waals surface area contributed by atoms with E-state index in [0.29, 0.717) is 0 Å². The van der Waals surface area contributed by atoms with Gasteiger partial charge in [-0.15, -0.1) is 0 Å². The fourth-order valence-corrected chi connectivity index (χ4v) is 5.74. The molecular weight excluding hydrogens is 263 g/mol. The van der Waals surface area contributed by atoms with Crippen LogP contribution >= 0.6 is 7.26 Å². The predicted octanol–water partition coefficient (Wildman–Crippen LogP) is 4.77. The summed E-state index contributed by atoms with van der Waals surface area (Å²) in [5.41, 5.74) is 2.65. The molecule has 2 heteroatoms. The van der Waals surface area contributed by atoms with Gasteiger partial charge < -0.3 is 4.74 Å². The fourth-order valence-electron chi connectivity index (χ4n) is 2.79. The Labute approximate surface area is 122 Å². The third kappa shape index (κ3) is 1.96. The Kier molecular flexibility index (Phi) is 3.14. The van der Waals surface area contributed by atoms with Crippen molar-refractivity contribution in [2.75, 3.05) is 13.0 Å². The lowest BCUT2D eigenvalue weighted by Crippen LogP contribution is -2.28. The van der Waals surface area contributed by atoms with E-state index in [9.17, 15) is 0 Å². The first-order valence-corrected chi connectivity index (χ1v) is 9.53. The van der Waals surface area contributed by atoms with Crippen molar-refractivity contribution in [3.63, 3.8) is 0 Å². The summed E-state index contributed by atoms with van der Waals surface area (Å²) in [6, 6.07) is 17.2. The molecular formula is C18H22OP+. The van der Waals surface area contributed by atoms with Crippen molar-refractivity contribution >= 4 is 12.6 Å². The molecule has 0 spiro atoms. The Hall–Kier alpha value is -1.33. The second-order valence-electron chi connectivity index (χ2n) is 6.65. The van der Waals surface area contributed by atoms with Crippen LogP contribution in [0.4, 0.5) is 0 Å². The molecule has 104 valence electrons. The molecule has 0 fully saturated rings. The molecule has 1 aliphatic heterocycles. The maximum Gasteiger partial charge on any atom is 0.201 e. The van der Waals surface area contributed by atoms with E-state index in [1.54, 1.807) is 0 Å². The summed E-state index contributed by atoms with van der Waals surface area (Å²) in [7, 11) is -1.32. The van der Waals surface area contributed by atoms with E-state index in [-0.39, 0.29) is 5.16 Å². The molecule has 0 saturated heterocycles. The Morgan fingerprint density at radius 2 is 1.65 bits per heavy atom. The molecule has 0 aromatic heterocycles. The van der Waals surface area contributed by atoms with Crippen LogP contribution in [-0.2, 0) is 0 Å².